The largest absolute Gasteiger partial charge is 0.457 e. The van der Waals surface area contributed by atoms with Gasteiger partial charge in [0.2, 0.25) is 0 Å². The molecule has 2 fully saturated rings. The second-order valence-corrected chi connectivity index (χ2v) is 9.09. The van der Waals surface area contributed by atoms with E-state index < -0.39 is 0 Å². The van der Waals surface area contributed by atoms with Gasteiger partial charge in [-0.05, 0) is 49.7 Å². The Bertz CT molecular complexity index is 1420. The molecular weight excluding hydrogens is 458 g/mol. The first-order valence-electron chi connectivity index (χ1n) is 12.0. The molecule has 9 heteroatoms. The Kier molecular flexibility index (Phi) is 5.61. The molecule has 182 valence electrons. The predicted molar refractivity (Wildman–Crippen MR) is 133 cm³/mol. The highest BCUT2D eigenvalue weighted by Crippen LogP contribution is 2.30. The summed E-state index contributed by atoms with van der Waals surface area (Å²) in [5.41, 5.74) is 1.59. The van der Waals surface area contributed by atoms with Gasteiger partial charge in [0.15, 0.2) is 11.9 Å². The van der Waals surface area contributed by atoms with E-state index in [4.69, 9.17) is 9.47 Å². The number of aromatic amines is 1. The summed E-state index contributed by atoms with van der Waals surface area (Å²) in [5.74, 6) is 1.84. The van der Waals surface area contributed by atoms with E-state index >= 15 is 0 Å². The van der Waals surface area contributed by atoms with Crippen LogP contribution in [0.4, 0.5) is 5.82 Å². The van der Waals surface area contributed by atoms with Crippen molar-refractivity contribution >= 4 is 28.5 Å². The molecule has 9 nitrogen and oxygen atoms in total. The molecule has 1 amide bonds. The number of nitrogens with one attached hydrogen (secondary N) is 2. The third kappa shape index (κ3) is 4.29. The number of ether oxygens (including phenoxy) is 2. The van der Waals surface area contributed by atoms with E-state index in [1.165, 1.54) is 6.33 Å². The summed E-state index contributed by atoms with van der Waals surface area (Å²) in [4.78, 5) is 39.6. The number of anilines is 1. The second kappa shape index (κ2) is 9.09. The van der Waals surface area contributed by atoms with Crippen LogP contribution in [-0.2, 0) is 9.53 Å². The molecule has 2 aromatic heterocycles. The SMILES string of the molecule is CC1OC1C(=O)N1CCC(Nc2ncnc3[nH]cc(C(=O)c4ccc(Oc5ccccc5)cc4)c23)C1. The van der Waals surface area contributed by atoms with Crippen molar-refractivity contribution in [3.63, 3.8) is 0 Å². The number of benzene rings is 2. The van der Waals surface area contributed by atoms with Crippen molar-refractivity contribution in [2.75, 3.05) is 18.4 Å². The number of fused-ring (bicyclic) bond motifs is 1. The highest BCUT2D eigenvalue weighted by Gasteiger charge is 2.45. The number of hydrogen-bond donors (Lipinski definition) is 2. The molecule has 36 heavy (non-hydrogen) atoms. The molecule has 3 atom stereocenters. The number of H-pyrrole nitrogens is 1. The first-order valence-corrected chi connectivity index (χ1v) is 12.0. The van der Waals surface area contributed by atoms with Crippen molar-refractivity contribution in [2.45, 2.75) is 31.6 Å². The predicted octanol–water partition coefficient (Wildman–Crippen LogP) is 3.78. The van der Waals surface area contributed by atoms with Gasteiger partial charge in [0, 0.05) is 30.9 Å². The maximum Gasteiger partial charge on any atom is 0.254 e. The van der Waals surface area contributed by atoms with Gasteiger partial charge in [0.05, 0.1) is 17.1 Å². The van der Waals surface area contributed by atoms with E-state index in [2.05, 4.69) is 20.3 Å². The number of ketones is 1. The third-order valence-electron chi connectivity index (χ3n) is 6.61. The molecule has 0 saturated carbocycles. The molecule has 2 saturated heterocycles. The van der Waals surface area contributed by atoms with Crippen LogP contribution in [0.1, 0.15) is 29.3 Å². The van der Waals surface area contributed by atoms with Crippen LogP contribution in [0.3, 0.4) is 0 Å². The fraction of sp³-hybridized carbons (Fsp3) is 0.259. The smallest absolute Gasteiger partial charge is 0.254 e. The summed E-state index contributed by atoms with van der Waals surface area (Å²) >= 11 is 0. The Labute approximate surface area is 207 Å². The zero-order chi connectivity index (χ0) is 24.6. The Morgan fingerprint density at radius 2 is 1.83 bits per heavy atom. The number of epoxide rings is 1. The fourth-order valence-corrected chi connectivity index (χ4v) is 4.60. The Morgan fingerprint density at radius 3 is 2.58 bits per heavy atom. The van der Waals surface area contributed by atoms with E-state index in [0.29, 0.717) is 46.8 Å². The number of carbonyl (C=O) groups is 2. The summed E-state index contributed by atoms with van der Waals surface area (Å²) in [7, 11) is 0. The molecule has 0 bridgehead atoms. The van der Waals surface area contributed by atoms with Crippen molar-refractivity contribution in [3.8, 4) is 11.5 Å². The maximum atomic E-state index is 13.4. The lowest BCUT2D eigenvalue weighted by molar-refractivity contribution is -0.131. The van der Waals surface area contributed by atoms with Crippen LogP contribution in [0.2, 0.25) is 0 Å². The van der Waals surface area contributed by atoms with Gasteiger partial charge in [0.1, 0.15) is 29.3 Å². The monoisotopic (exact) mass is 483 g/mol. The Hall–Kier alpha value is -4.24. The van der Waals surface area contributed by atoms with Crippen molar-refractivity contribution < 1.29 is 19.1 Å². The van der Waals surface area contributed by atoms with Crippen molar-refractivity contribution in [2.24, 2.45) is 0 Å². The molecule has 6 rings (SSSR count). The highest BCUT2D eigenvalue weighted by molar-refractivity contribution is 6.18. The van der Waals surface area contributed by atoms with Gasteiger partial charge in [-0.2, -0.15) is 0 Å². The number of rotatable bonds is 7. The Balaban J connectivity index is 1.20. The molecule has 2 aliphatic rings. The summed E-state index contributed by atoms with van der Waals surface area (Å²) in [6.45, 7) is 3.13. The number of likely N-dealkylation sites (tertiary alicyclic amines) is 1. The standard InChI is InChI=1S/C27H25N5O4/c1-16-24(35-16)27(34)32-12-11-18(14-32)31-26-22-21(13-28-25(22)29-15-30-26)23(33)17-7-9-20(10-8-17)36-19-5-3-2-4-6-19/h2-10,13,15-16,18,24H,11-12,14H2,1H3,(H2,28,29,30,31). The number of para-hydroxylation sites is 1. The molecule has 4 aromatic rings. The van der Waals surface area contributed by atoms with Crippen LogP contribution in [0.5, 0.6) is 11.5 Å². The highest BCUT2D eigenvalue weighted by atomic mass is 16.6. The zero-order valence-corrected chi connectivity index (χ0v) is 19.7. The van der Waals surface area contributed by atoms with Gasteiger partial charge in [0.25, 0.3) is 5.91 Å². The minimum atomic E-state index is -0.312. The quantitative estimate of drug-likeness (QED) is 0.304. The number of amides is 1. The van der Waals surface area contributed by atoms with Crippen molar-refractivity contribution in [3.05, 3.63) is 78.2 Å². The number of hydrogen-bond acceptors (Lipinski definition) is 7. The lowest BCUT2D eigenvalue weighted by Gasteiger charge is -2.17. The number of carbonyl (C=O) groups excluding carboxylic acids is 2. The molecule has 0 aliphatic carbocycles. The van der Waals surface area contributed by atoms with Crippen LogP contribution in [0, 0.1) is 0 Å². The topological polar surface area (TPSA) is 113 Å². The second-order valence-electron chi connectivity index (χ2n) is 9.09. The average molecular weight is 484 g/mol. The first kappa shape index (κ1) is 22.2. The molecule has 2 aromatic carbocycles. The number of aromatic nitrogens is 3. The van der Waals surface area contributed by atoms with E-state index in [1.54, 1.807) is 30.5 Å². The Morgan fingerprint density at radius 1 is 1.08 bits per heavy atom. The van der Waals surface area contributed by atoms with Gasteiger partial charge >= 0.3 is 0 Å². The van der Waals surface area contributed by atoms with Crippen LogP contribution in [0.15, 0.2) is 67.1 Å². The number of nitrogens with zero attached hydrogens (tertiary/aromatic N) is 3. The lowest BCUT2D eigenvalue weighted by atomic mass is 10.0. The minimum absolute atomic E-state index is 0.00149. The summed E-state index contributed by atoms with van der Waals surface area (Å²) in [5, 5.41) is 4.07. The average Bonchev–Trinajstić information content (AvgIpc) is 3.27. The molecule has 3 unspecified atom stereocenters. The van der Waals surface area contributed by atoms with Crippen molar-refractivity contribution in [1.29, 1.82) is 0 Å². The normalized spacial score (nSPS) is 20.9. The first-order chi connectivity index (χ1) is 17.6. The van der Waals surface area contributed by atoms with E-state index in [-0.39, 0.29) is 29.9 Å². The van der Waals surface area contributed by atoms with Gasteiger partial charge < -0.3 is 24.7 Å². The molecular formula is C27H25N5O4. The van der Waals surface area contributed by atoms with E-state index in [9.17, 15) is 9.59 Å². The zero-order valence-electron chi connectivity index (χ0n) is 19.7. The lowest BCUT2D eigenvalue weighted by Crippen LogP contribution is -2.35. The molecule has 4 heterocycles. The van der Waals surface area contributed by atoms with Gasteiger partial charge in [-0.1, -0.05) is 18.2 Å². The van der Waals surface area contributed by atoms with Gasteiger partial charge in [-0.25, -0.2) is 9.97 Å². The summed E-state index contributed by atoms with van der Waals surface area (Å²) in [6.07, 6.45) is 3.60. The molecule has 0 spiro atoms. The molecule has 2 N–H and O–H groups in total. The van der Waals surface area contributed by atoms with E-state index in [1.807, 2.05) is 42.2 Å². The van der Waals surface area contributed by atoms with Crippen LogP contribution >= 0.6 is 0 Å². The van der Waals surface area contributed by atoms with Gasteiger partial charge in [-0.15, -0.1) is 0 Å². The van der Waals surface area contributed by atoms with E-state index in [0.717, 1.165) is 12.2 Å². The summed E-state index contributed by atoms with van der Waals surface area (Å²) < 4.78 is 11.2. The minimum Gasteiger partial charge on any atom is -0.457 e. The third-order valence-corrected chi connectivity index (χ3v) is 6.61. The molecule has 2 aliphatic heterocycles. The van der Waals surface area contributed by atoms with Crippen LogP contribution in [-0.4, -0.2) is 62.9 Å². The van der Waals surface area contributed by atoms with Crippen LogP contribution < -0.4 is 10.1 Å². The molecule has 0 radical (unpaired) electrons. The fourth-order valence-electron chi connectivity index (χ4n) is 4.60. The summed E-state index contributed by atoms with van der Waals surface area (Å²) in [6, 6.07) is 16.6. The van der Waals surface area contributed by atoms with Crippen molar-refractivity contribution in [1.82, 2.24) is 19.9 Å². The van der Waals surface area contributed by atoms with Crippen LogP contribution in [0.25, 0.3) is 11.0 Å². The maximum absolute atomic E-state index is 13.4. The van der Waals surface area contributed by atoms with Gasteiger partial charge in [-0.3, -0.25) is 9.59 Å².